The third-order valence-corrected chi connectivity index (χ3v) is 8.68. The van der Waals surface area contributed by atoms with Gasteiger partial charge in [0.2, 0.25) is 0 Å². The Kier molecular flexibility index (Phi) is 3.22. The first-order valence-corrected chi connectivity index (χ1v) is 9.47. The first-order chi connectivity index (χ1) is 10.7. The van der Waals surface area contributed by atoms with Crippen LogP contribution in [0.1, 0.15) is 66.2 Å². The fraction of sp³-hybridized carbons (Fsp3) is 0.950. The zero-order chi connectivity index (χ0) is 16.7. The number of carbonyl (C=O) groups is 1. The third-order valence-electron chi connectivity index (χ3n) is 8.68. The summed E-state index contributed by atoms with van der Waals surface area (Å²) in [5, 5.41) is 0. The van der Waals surface area contributed by atoms with Gasteiger partial charge in [0.1, 0.15) is 5.78 Å². The number of hydrogen-bond acceptors (Lipinski definition) is 3. The van der Waals surface area contributed by atoms with Crippen molar-refractivity contribution in [3.63, 3.8) is 0 Å². The van der Waals surface area contributed by atoms with Crippen LogP contribution in [0.25, 0.3) is 0 Å². The predicted molar refractivity (Wildman–Crippen MR) is 88.9 cm³/mol. The summed E-state index contributed by atoms with van der Waals surface area (Å²) in [5.41, 5.74) is 0.0797. The Hall–Kier alpha value is -0.410. The SMILES string of the molecule is CO[C@@]12CC[C@]3(CO1)[C@H]1CC[C@@H](C)C(=O)[C@]1(C)CC[C@H]3C2(C)C. The van der Waals surface area contributed by atoms with Gasteiger partial charge in [-0.25, -0.2) is 0 Å². The predicted octanol–water partition coefficient (Wildman–Crippen LogP) is 4.20. The molecule has 0 N–H and O–H groups in total. The normalized spacial score (nSPS) is 54.5. The number of carbonyl (C=O) groups excluding carboxylic acids is 1. The fourth-order valence-electron chi connectivity index (χ4n) is 7.41. The van der Waals surface area contributed by atoms with E-state index >= 15 is 0 Å². The lowest BCUT2D eigenvalue weighted by atomic mass is 9.38. The van der Waals surface area contributed by atoms with Gasteiger partial charge in [-0.2, -0.15) is 0 Å². The molecule has 0 aromatic carbocycles. The van der Waals surface area contributed by atoms with Crippen LogP contribution in [0.3, 0.4) is 0 Å². The second-order valence-corrected chi connectivity index (χ2v) is 9.60. The highest BCUT2D eigenvalue weighted by Crippen LogP contribution is 2.72. The molecule has 0 unspecified atom stereocenters. The smallest absolute Gasteiger partial charge is 0.173 e. The van der Waals surface area contributed by atoms with Gasteiger partial charge >= 0.3 is 0 Å². The second-order valence-electron chi connectivity index (χ2n) is 9.60. The zero-order valence-electron chi connectivity index (χ0n) is 15.4. The molecular formula is C20H32O3. The highest BCUT2D eigenvalue weighted by atomic mass is 16.7. The van der Waals surface area contributed by atoms with E-state index in [4.69, 9.17) is 9.47 Å². The van der Waals surface area contributed by atoms with E-state index in [1.165, 1.54) is 6.42 Å². The van der Waals surface area contributed by atoms with E-state index in [2.05, 4.69) is 27.7 Å². The highest BCUT2D eigenvalue weighted by molar-refractivity contribution is 5.87. The lowest BCUT2D eigenvalue weighted by Crippen LogP contribution is -2.72. The molecule has 0 amide bonds. The van der Waals surface area contributed by atoms with Crippen LogP contribution >= 0.6 is 0 Å². The molecule has 23 heavy (non-hydrogen) atoms. The summed E-state index contributed by atoms with van der Waals surface area (Å²) < 4.78 is 12.3. The summed E-state index contributed by atoms with van der Waals surface area (Å²) >= 11 is 0. The molecule has 2 heterocycles. The number of methoxy groups -OCH3 is 1. The van der Waals surface area contributed by atoms with Crippen LogP contribution in [0.15, 0.2) is 0 Å². The van der Waals surface area contributed by atoms with Crippen molar-refractivity contribution in [2.45, 2.75) is 72.0 Å². The van der Waals surface area contributed by atoms with Crippen LogP contribution in [0.4, 0.5) is 0 Å². The molecule has 3 heteroatoms. The highest BCUT2D eigenvalue weighted by Gasteiger charge is 2.72. The summed E-state index contributed by atoms with van der Waals surface area (Å²) in [7, 11) is 1.80. The Balaban J connectivity index is 1.79. The molecule has 2 saturated heterocycles. The molecule has 1 spiro atoms. The standard InChI is InChI=1S/C20H32O3/c1-13-6-7-15-18(4,16(13)21)9-8-14-17(2,3)20(22-5)11-10-19(14,15)12-23-20/h13-15H,6-12H2,1-5H3/t13-,14+,15+,18-,19-,20+/m1/s1. The van der Waals surface area contributed by atoms with E-state index in [1.54, 1.807) is 7.11 Å². The monoisotopic (exact) mass is 320 g/mol. The zero-order valence-corrected chi connectivity index (χ0v) is 15.4. The van der Waals surface area contributed by atoms with Gasteiger partial charge in [0.05, 0.1) is 6.61 Å². The number of ketones is 1. The van der Waals surface area contributed by atoms with Crippen LogP contribution in [0.2, 0.25) is 0 Å². The van der Waals surface area contributed by atoms with Gasteiger partial charge in [0, 0.05) is 35.7 Å². The Morgan fingerprint density at radius 2 is 1.78 bits per heavy atom. The minimum Gasteiger partial charge on any atom is -0.353 e. The maximum atomic E-state index is 13.0. The molecular weight excluding hydrogens is 288 g/mol. The van der Waals surface area contributed by atoms with Crippen LogP contribution < -0.4 is 0 Å². The second kappa shape index (κ2) is 4.60. The average molecular weight is 320 g/mol. The van der Waals surface area contributed by atoms with Crippen molar-refractivity contribution < 1.29 is 14.3 Å². The number of hydrogen-bond donors (Lipinski definition) is 0. The van der Waals surface area contributed by atoms with Crippen LogP contribution in [0.5, 0.6) is 0 Å². The van der Waals surface area contributed by atoms with Gasteiger partial charge in [-0.3, -0.25) is 4.79 Å². The molecule has 2 aliphatic heterocycles. The van der Waals surface area contributed by atoms with Crippen molar-refractivity contribution in [3.8, 4) is 0 Å². The first kappa shape index (κ1) is 16.1. The Labute approximate surface area is 140 Å². The molecule has 5 aliphatic rings. The quantitative estimate of drug-likeness (QED) is 0.726. The lowest BCUT2D eigenvalue weighted by Gasteiger charge is -2.71. The topological polar surface area (TPSA) is 35.5 Å². The minimum atomic E-state index is -0.418. The maximum Gasteiger partial charge on any atom is 0.173 e. The first-order valence-electron chi connectivity index (χ1n) is 9.47. The van der Waals surface area contributed by atoms with Gasteiger partial charge < -0.3 is 9.47 Å². The number of rotatable bonds is 1. The largest absolute Gasteiger partial charge is 0.353 e. The Morgan fingerprint density at radius 3 is 2.39 bits per heavy atom. The van der Waals surface area contributed by atoms with E-state index in [1.807, 2.05) is 0 Å². The van der Waals surface area contributed by atoms with Gasteiger partial charge in [-0.15, -0.1) is 0 Å². The number of fused-ring (bicyclic) bond motifs is 3. The molecule has 6 atom stereocenters. The minimum absolute atomic E-state index is 0.0195. The van der Waals surface area contributed by atoms with Crippen molar-refractivity contribution in [3.05, 3.63) is 0 Å². The molecule has 5 rings (SSSR count). The summed E-state index contributed by atoms with van der Waals surface area (Å²) in [6.07, 6.45) is 6.59. The van der Waals surface area contributed by atoms with E-state index in [0.717, 1.165) is 38.7 Å². The van der Waals surface area contributed by atoms with Crippen LogP contribution in [0, 0.1) is 34.0 Å². The molecule has 3 nitrogen and oxygen atoms in total. The average Bonchev–Trinajstić information content (AvgIpc) is 2.52. The van der Waals surface area contributed by atoms with Crippen molar-refractivity contribution in [1.29, 1.82) is 0 Å². The Bertz CT molecular complexity index is 529. The van der Waals surface area contributed by atoms with Crippen molar-refractivity contribution in [2.24, 2.45) is 34.0 Å². The van der Waals surface area contributed by atoms with E-state index < -0.39 is 5.79 Å². The molecule has 130 valence electrons. The van der Waals surface area contributed by atoms with Gasteiger partial charge in [0.15, 0.2) is 5.79 Å². The van der Waals surface area contributed by atoms with E-state index in [-0.39, 0.29) is 22.2 Å². The fourth-order valence-corrected chi connectivity index (χ4v) is 7.41. The van der Waals surface area contributed by atoms with E-state index in [0.29, 0.717) is 17.6 Å². The maximum absolute atomic E-state index is 13.0. The molecule has 5 fully saturated rings. The van der Waals surface area contributed by atoms with Crippen molar-refractivity contribution in [2.75, 3.05) is 13.7 Å². The van der Waals surface area contributed by atoms with E-state index in [9.17, 15) is 4.79 Å². The molecule has 0 radical (unpaired) electrons. The molecule has 3 saturated carbocycles. The van der Waals surface area contributed by atoms with Crippen LogP contribution in [-0.2, 0) is 14.3 Å². The molecule has 2 bridgehead atoms. The van der Waals surface area contributed by atoms with Crippen molar-refractivity contribution in [1.82, 2.24) is 0 Å². The van der Waals surface area contributed by atoms with Crippen molar-refractivity contribution >= 4 is 5.78 Å². The van der Waals surface area contributed by atoms with Crippen LogP contribution in [-0.4, -0.2) is 25.3 Å². The summed E-state index contributed by atoms with van der Waals surface area (Å²) in [5.74, 6) is 1.44. The van der Waals surface area contributed by atoms with Gasteiger partial charge in [-0.05, 0) is 43.9 Å². The molecule has 0 aromatic heterocycles. The number of ether oxygens (including phenoxy) is 2. The molecule has 3 aliphatic carbocycles. The summed E-state index contributed by atoms with van der Waals surface area (Å²) in [4.78, 5) is 13.0. The van der Waals surface area contributed by atoms with Gasteiger partial charge in [0.25, 0.3) is 0 Å². The lowest BCUT2D eigenvalue weighted by molar-refractivity contribution is -0.398. The third kappa shape index (κ3) is 1.66. The number of Topliss-reactive ketones (excluding diaryl/α,β-unsaturated/α-hetero) is 1. The summed E-state index contributed by atoms with van der Waals surface area (Å²) in [6, 6.07) is 0. The Morgan fingerprint density at radius 1 is 1.04 bits per heavy atom. The molecule has 0 aromatic rings. The van der Waals surface area contributed by atoms with Gasteiger partial charge in [-0.1, -0.05) is 27.7 Å². The summed E-state index contributed by atoms with van der Waals surface area (Å²) in [6.45, 7) is 9.86.